The number of piperazine rings is 1. The molecule has 7 nitrogen and oxygen atoms in total. The number of benzene rings is 1. The Morgan fingerprint density at radius 3 is 2.77 bits per heavy atom. The maximum atomic E-state index is 13.4. The Kier molecular flexibility index (Phi) is 7.91. The van der Waals surface area contributed by atoms with Crippen molar-refractivity contribution in [2.24, 2.45) is 0 Å². The minimum atomic E-state index is -0.379. The molecule has 4 heterocycles. The molecule has 1 aromatic heterocycles. The Bertz CT molecular complexity index is 1020. The largest absolute Gasteiger partial charge is 0.459 e. The van der Waals surface area contributed by atoms with Crippen LogP contribution >= 0.6 is 11.3 Å². The van der Waals surface area contributed by atoms with Crippen molar-refractivity contribution in [3.8, 4) is 11.5 Å². The van der Waals surface area contributed by atoms with Gasteiger partial charge < -0.3 is 23.8 Å². The molecule has 0 aliphatic carbocycles. The molecule has 0 saturated carbocycles. The lowest BCUT2D eigenvalue weighted by Crippen LogP contribution is -2.49. The Morgan fingerprint density at radius 2 is 1.97 bits per heavy atom. The molecule has 0 radical (unpaired) electrons. The summed E-state index contributed by atoms with van der Waals surface area (Å²) in [6.07, 6.45) is 5.66. The summed E-state index contributed by atoms with van der Waals surface area (Å²) in [4.78, 5) is 18.9. The Hall–Kier alpha value is -2.55. The second-order valence-corrected chi connectivity index (χ2v) is 10.2. The van der Waals surface area contributed by atoms with Crippen LogP contribution in [-0.4, -0.2) is 61.6 Å². The lowest BCUT2D eigenvalue weighted by molar-refractivity contribution is -0.153. The first kappa shape index (κ1) is 24.2. The molecule has 8 heteroatoms. The topological polar surface area (TPSA) is 60.5 Å². The summed E-state index contributed by atoms with van der Waals surface area (Å²) >= 11 is 1.72. The third kappa shape index (κ3) is 6.00. The second-order valence-electron chi connectivity index (χ2n) is 9.27. The maximum absolute atomic E-state index is 13.4. The molecule has 1 aromatic carbocycles. The van der Waals surface area contributed by atoms with E-state index in [4.69, 9.17) is 18.9 Å². The van der Waals surface area contributed by atoms with Gasteiger partial charge in [0.1, 0.15) is 0 Å². The molecule has 0 N–H and O–H groups in total. The van der Waals surface area contributed by atoms with Crippen molar-refractivity contribution >= 4 is 17.2 Å². The molecule has 2 aromatic rings. The molecule has 5 rings (SSSR count). The van der Waals surface area contributed by atoms with Crippen molar-refractivity contribution in [1.82, 2.24) is 9.80 Å². The fourth-order valence-electron chi connectivity index (χ4n) is 4.74. The van der Waals surface area contributed by atoms with Gasteiger partial charge in [0.2, 0.25) is 13.1 Å². The maximum Gasteiger partial charge on any atom is 0.288 e. The summed E-state index contributed by atoms with van der Waals surface area (Å²) in [5, 5.41) is 2.08. The number of ether oxygens (including phenoxy) is 4. The molecule has 0 unspecified atom stereocenters. The molecule has 2 atom stereocenters. The molecule has 1 fully saturated rings. The highest BCUT2D eigenvalue weighted by Crippen LogP contribution is 2.35. The minimum absolute atomic E-state index is 0.0313. The molecule has 0 bridgehead atoms. The van der Waals surface area contributed by atoms with Gasteiger partial charge in [0.15, 0.2) is 17.3 Å². The van der Waals surface area contributed by atoms with Gasteiger partial charge in [-0.3, -0.25) is 9.69 Å². The van der Waals surface area contributed by atoms with E-state index >= 15 is 0 Å². The fraction of sp³-hybridized carbons (Fsp3) is 0.519. The van der Waals surface area contributed by atoms with Crippen molar-refractivity contribution in [3.63, 3.8) is 0 Å². The molecule has 3 aliphatic rings. The minimum Gasteiger partial charge on any atom is -0.459 e. The van der Waals surface area contributed by atoms with Gasteiger partial charge in [-0.15, -0.1) is 11.3 Å². The van der Waals surface area contributed by atoms with Gasteiger partial charge >= 0.3 is 0 Å². The van der Waals surface area contributed by atoms with Crippen LogP contribution in [0.4, 0.5) is 0 Å². The Morgan fingerprint density at radius 1 is 1.11 bits per heavy atom. The normalized spacial score (nSPS) is 22.1. The number of carbonyl (C=O) groups is 1. The van der Waals surface area contributed by atoms with Crippen molar-refractivity contribution in [2.45, 2.75) is 51.4 Å². The molecule has 3 aliphatic heterocycles. The van der Waals surface area contributed by atoms with Crippen molar-refractivity contribution in [2.75, 3.05) is 39.6 Å². The average molecular weight is 499 g/mol. The van der Waals surface area contributed by atoms with E-state index in [1.165, 1.54) is 10.4 Å². The molecule has 188 valence electrons. The van der Waals surface area contributed by atoms with E-state index in [0.29, 0.717) is 25.5 Å². The molecular formula is C27H34N2O5S. The van der Waals surface area contributed by atoms with Gasteiger partial charge in [0, 0.05) is 49.9 Å². The first-order valence-corrected chi connectivity index (χ1v) is 13.5. The number of carbonyl (C=O) groups excluding carboxylic acids is 1. The van der Waals surface area contributed by atoms with E-state index in [-0.39, 0.29) is 24.9 Å². The SMILES string of the molecule is CCCCCO[C@@H]1C[C@H](c2cccs2)C=C(C(=O)N2CCN(Cc3ccc4c(c3)OCO4)CC2)O1. The summed E-state index contributed by atoms with van der Waals surface area (Å²) in [5.41, 5.74) is 1.19. The summed E-state index contributed by atoms with van der Waals surface area (Å²) < 4.78 is 23.0. The number of amides is 1. The first-order valence-electron chi connectivity index (χ1n) is 12.6. The third-order valence-corrected chi connectivity index (χ3v) is 7.74. The Labute approximate surface area is 211 Å². The van der Waals surface area contributed by atoms with Crippen LogP contribution in [0.25, 0.3) is 0 Å². The molecular weight excluding hydrogens is 464 g/mol. The van der Waals surface area contributed by atoms with Gasteiger partial charge in [-0.05, 0) is 41.6 Å². The van der Waals surface area contributed by atoms with Crippen LogP contribution in [0, 0.1) is 0 Å². The molecule has 0 spiro atoms. The molecule has 1 saturated heterocycles. The average Bonchev–Trinajstić information content (AvgIpc) is 3.59. The fourth-order valence-corrected chi connectivity index (χ4v) is 5.55. The quantitative estimate of drug-likeness (QED) is 0.466. The van der Waals surface area contributed by atoms with Crippen LogP contribution in [0.5, 0.6) is 11.5 Å². The number of unbranched alkanes of at least 4 members (excludes halogenated alkanes) is 2. The van der Waals surface area contributed by atoms with Gasteiger partial charge in [-0.1, -0.05) is 31.9 Å². The van der Waals surface area contributed by atoms with Gasteiger partial charge in [0.05, 0.1) is 6.61 Å². The number of hydrogen-bond acceptors (Lipinski definition) is 7. The van der Waals surface area contributed by atoms with Crippen molar-refractivity contribution in [3.05, 3.63) is 58.0 Å². The van der Waals surface area contributed by atoms with Crippen LogP contribution < -0.4 is 9.47 Å². The zero-order chi connectivity index (χ0) is 24.0. The number of hydrogen-bond donors (Lipinski definition) is 0. The Balaban J connectivity index is 1.18. The van der Waals surface area contributed by atoms with Crippen LogP contribution in [0.15, 0.2) is 47.5 Å². The first-order chi connectivity index (χ1) is 17.2. The predicted octanol–water partition coefficient (Wildman–Crippen LogP) is 4.74. The van der Waals surface area contributed by atoms with E-state index in [0.717, 1.165) is 56.8 Å². The van der Waals surface area contributed by atoms with Crippen molar-refractivity contribution in [1.29, 1.82) is 0 Å². The summed E-state index contributed by atoms with van der Waals surface area (Å²) in [7, 11) is 0. The zero-order valence-corrected chi connectivity index (χ0v) is 21.1. The number of rotatable bonds is 9. The zero-order valence-electron chi connectivity index (χ0n) is 20.3. The third-order valence-electron chi connectivity index (χ3n) is 6.73. The summed E-state index contributed by atoms with van der Waals surface area (Å²) in [5.74, 6) is 2.16. The summed E-state index contributed by atoms with van der Waals surface area (Å²) in [6.45, 7) is 6.94. The van der Waals surface area contributed by atoms with Crippen molar-refractivity contribution < 1.29 is 23.7 Å². The van der Waals surface area contributed by atoms with Crippen LogP contribution in [0.3, 0.4) is 0 Å². The lowest BCUT2D eigenvalue weighted by Gasteiger charge is -2.36. The predicted molar refractivity (Wildman–Crippen MR) is 135 cm³/mol. The molecule has 35 heavy (non-hydrogen) atoms. The smallest absolute Gasteiger partial charge is 0.288 e. The number of nitrogens with zero attached hydrogens (tertiary/aromatic N) is 2. The highest BCUT2D eigenvalue weighted by Gasteiger charge is 2.32. The van der Waals surface area contributed by atoms with Crippen LogP contribution in [-0.2, 0) is 20.8 Å². The standard InChI is InChI=1S/C27H34N2O5S/c1-2-3-4-13-31-26-17-21(25-6-5-14-35-25)16-24(34-26)27(30)29-11-9-28(10-12-29)18-20-7-8-22-23(15-20)33-19-32-22/h5-8,14-16,21,26H,2-4,9-13,17-19H2,1H3/t21-,26+/m1/s1. The van der Waals surface area contributed by atoms with Crippen LogP contribution in [0.2, 0.25) is 0 Å². The number of thiophene rings is 1. The van der Waals surface area contributed by atoms with E-state index in [2.05, 4.69) is 35.4 Å². The van der Waals surface area contributed by atoms with E-state index in [9.17, 15) is 4.79 Å². The van der Waals surface area contributed by atoms with E-state index < -0.39 is 0 Å². The molecule has 1 amide bonds. The van der Waals surface area contributed by atoms with Gasteiger partial charge in [-0.25, -0.2) is 0 Å². The van der Waals surface area contributed by atoms with E-state index in [1.807, 2.05) is 23.1 Å². The van der Waals surface area contributed by atoms with Gasteiger partial charge in [0.25, 0.3) is 5.91 Å². The monoisotopic (exact) mass is 498 g/mol. The number of allylic oxidation sites excluding steroid dienone is 1. The highest BCUT2D eigenvalue weighted by atomic mass is 32.1. The summed E-state index contributed by atoms with van der Waals surface area (Å²) in [6, 6.07) is 10.3. The van der Waals surface area contributed by atoms with Gasteiger partial charge in [-0.2, -0.15) is 0 Å². The highest BCUT2D eigenvalue weighted by molar-refractivity contribution is 7.10. The lowest BCUT2D eigenvalue weighted by atomic mass is 9.99. The van der Waals surface area contributed by atoms with E-state index in [1.54, 1.807) is 11.3 Å². The van der Waals surface area contributed by atoms with Crippen LogP contribution in [0.1, 0.15) is 49.0 Å². The second kappa shape index (κ2) is 11.5. The number of fused-ring (bicyclic) bond motifs is 1.